The van der Waals surface area contributed by atoms with Crippen LogP contribution in [0, 0.1) is 11.3 Å². The Morgan fingerprint density at radius 3 is 2.68 bits per heavy atom. The van der Waals surface area contributed by atoms with E-state index in [1.807, 2.05) is 0 Å². The van der Waals surface area contributed by atoms with Crippen LogP contribution in [-0.2, 0) is 17.4 Å². The van der Waals surface area contributed by atoms with Crippen LogP contribution in [0.2, 0.25) is 0 Å². The fourth-order valence-corrected chi connectivity index (χ4v) is 1.78. The summed E-state index contributed by atoms with van der Waals surface area (Å²) in [6, 6.07) is 4.52. The van der Waals surface area contributed by atoms with Gasteiger partial charge < -0.3 is 9.52 Å². The van der Waals surface area contributed by atoms with Crippen LogP contribution in [0.4, 0.5) is 13.2 Å². The van der Waals surface area contributed by atoms with Crippen molar-refractivity contribution in [1.82, 2.24) is 4.98 Å². The third-order valence-corrected chi connectivity index (χ3v) is 2.79. The van der Waals surface area contributed by atoms with Crippen molar-refractivity contribution in [1.29, 1.82) is 5.26 Å². The van der Waals surface area contributed by atoms with Gasteiger partial charge in [-0.1, -0.05) is 0 Å². The number of aliphatic carboxylic acids is 1. The molecule has 0 fully saturated rings. The van der Waals surface area contributed by atoms with Gasteiger partial charge in [0.2, 0.25) is 0 Å². The average molecular weight is 310 g/mol. The molecule has 2 aromatic rings. The number of nitriles is 1. The SMILES string of the molecule is N#Cc1cc(-c2coc(CCC(=O)O)n2)cc(C(F)(F)F)c1. The molecule has 0 radical (unpaired) electrons. The molecular formula is C14H9F3N2O3. The summed E-state index contributed by atoms with van der Waals surface area (Å²) in [4.78, 5) is 14.4. The number of rotatable bonds is 4. The van der Waals surface area contributed by atoms with E-state index in [4.69, 9.17) is 14.8 Å². The third kappa shape index (κ3) is 3.63. The first-order chi connectivity index (χ1) is 10.3. The maximum atomic E-state index is 12.8. The minimum atomic E-state index is -4.59. The Morgan fingerprint density at radius 2 is 2.09 bits per heavy atom. The normalized spacial score (nSPS) is 11.2. The predicted molar refractivity (Wildman–Crippen MR) is 67.6 cm³/mol. The fraction of sp³-hybridized carbons (Fsp3) is 0.214. The molecule has 0 aliphatic carbocycles. The molecule has 0 aliphatic heterocycles. The van der Waals surface area contributed by atoms with Gasteiger partial charge in [-0.05, 0) is 18.2 Å². The van der Waals surface area contributed by atoms with E-state index >= 15 is 0 Å². The molecule has 8 heteroatoms. The smallest absolute Gasteiger partial charge is 0.416 e. The summed E-state index contributed by atoms with van der Waals surface area (Å²) in [5.74, 6) is -0.932. The van der Waals surface area contributed by atoms with E-state index in [9.17, 15) is 18.0 Å². The Bertz CT molecular complexity index is 745. The topological polar surface area (TPSA) is 87.1 Å². The molecule has 22 heavy (non-hydrogen) atoms. The molecular weight excluding hydrogens is 301 g/mol. The molecule has 2 rings (SSSR count). The van der Waals surface area contributed by atoms with Crippen LogP contribution in [0.5, 0.6) is 0 Å². The van der Waals surface area contributed by atoms with Crippen molar-refractivity contribution in [2.45, 2.75) is 19.0 Å². The third-order valence-electron chi connectivity index (χ3n) is 2.79. The zero-order valence-corrected chi connectivity index (χ0v) is 11.0. The van der Waals surface area contributed by atoms with Gasteiger partial charge in [-0.2, -0.15) is 18.4 Å². The summed E-state index contributed by atoms with van der Waals surface area (Å²) in [7, 11) is 0. The zero-order chi connectivity index (χ0) is 16.3. The molecule has 0 aliphatic rings. The zero-order valence-electron chi connectivity index (χ0n) is 11.0. The van der Waals surface area contributed by atoms with Crippen LogP contribution in [0.25, 0.3) is 11.3 Å². The Kier molecular flexibility index (Phi) is 4.17. The monoisotopic (exact) mass is 310 g/mol. The van der Waals surface area contributed by atoms with Crippen molar-refractivity contribution in [3.8, 4) is 17.3 Å². The van der Waals surface area contributed by atoms with Crippen molar-refractivity contribution < 1.29 is 27.5 Å². The summed E-state index contributed by atoms with van der Waals surface area (Å²) in [6.07, 6.45) is -3.63. The predicted octanol–water partition coefficient (Wildman–Crippen LogP) is 3.25. The van der Waals surface area contributed by atoms with Crippen molar-refractivity contribution >= 4 is 5.97 Å². The Balaban J connectivity index is 2.36. The fourth-order valence-electron chi connectivity index (χ4n) is 1.78. The number of aromatic nitrogens is 1. The Hall–Kier alpha value is -2.82. The molecule has 0 unspecified atom stereocenters. The molecule has 0 atom stereocenters. The molecule has 0 bridgehead atoms. The lowest BCUT2D eigenvalue weighted by atomic mass is 10.0. The highest BCUT2D eigenvalue weighted by Crippen LogP contribution is 2.33. The summed E-state index contributed by atoms with van der Waals surface area (Å²) in [6.45, 7) is 0. The second kappa shape index (κ2) is 5.89. The molecule has 114 valence electrons. The molecule has 1 aromatic carbocycles. The lowest BCUT2D eigenvalue weighted by molar-refractivity contribution is -0.138. The Labute approximate surface area is 122 Å². The number of oxazole rings is 1. The van der Waals surface area contributed by atoms with Gasteiger partial charge in [-0.15, -0.1) is 0 Å². The van der Waals surface area contributed by atoms with Gasteiger partial charge in [0.25, 0.3) is 0 Å². The molecule has 1 heterocycles. The number of hydrogen-bond donors (Lipinski definition) is 1. The van der Waals surface area contributed by atoms with Crippen LogP contribution in [-0.4, -0.2) is 16.1 Å². The van der Waals surface area contributed by atoms with Crippen LogP contribution in [0.3, 0.4) is 0 Å². The summed E-state index contributed by atoms with van der Waals surface area (Å²) in [5, 5.41) is 17.4. The van der Waals surface area contributed by atoms with E-state index in [2.05, 4.69) is 4.98 Å². The lowest BCUT2D eigenvalue weighted by Crippen LogP contribution is -2.05. The second-order valence-electron chi connectivity index (χ2n) is 4.43. The van der Waals surface area contributed by atoms with Gasteiger partial charge in [0.1, 0.15) is 12.0 Å². The molecule has 0 saturated heterocycles. The van der Waals surface area contributed by atoms with E-state index in [1.165, 1.54) is 6.07 Å². The van der Waals surface area contributed by atoms with E-state index in [-0.39, 0.29) is 35.6 Å². The number of halogens is 3. The number of carbonyl (C=O) groups is 1. The number of carboxylic acids is 1. The van der Waals surface area contributed by atoms with Crippen molar-refractivity contribution in [3.63, 3.8) is 0 Å². The largest absolute Gasteiger partial charge is 0.481 e. The minimum Gasteiger partial charge on any atom is -0.481 e. The van der Waals surface area contributed by atoms with Crippen molar-refractivity contribution in [2.24, 2.45) is 0 Å². The van der Waals surface area contributed by atoms with Crippen LogP contribution < -0.4 is 0 Å². The van der Waals surface area contributed by atoms with Crippen molar-refractivity contribution in [3.05, 3.63) is 41.5 Å². The van der Waals surface area contributed by atoms with Gasteiger partial charge in [-0.25, -0.2) is 4.98 Å². The van der Waals surface area contributed by atoms with Gasteiger partial charge in [0.15, 0.2) is 5.89 Å². The molecule has 0 amide bonds. The highest BCUT2D eigenvalue weighted by molar-refractivity contribution is 5.67. The van der Waals surface area contributed by atoms with E-state index < -0.39 is 17.7 Å². The first-order valence-corrected chi connectivity index (χ1v) is 6.08. The first kappa shape index (κ1) is 15.6. The first-order valence-electron chi connectivity index (χ1n) is 6.08. The van der Waals surface area contributed by atoms with Crippen LogP contribution in [0.15, 0.2) is 28.9 Å². The number of aryl methyl sites for hydroxylation is 1. The summed E-state index contributed by atoms with van der Waals surface area (Å²) in [5.41, 5.74) is -0.920. The molecule has 0 spiro atoms. The molecule has 1 aromatic heterocycles. The standard InChI is InChI=1S/C14H9F3N2O3/c15-14(16,17)10-4-8(6-18)3-9(5-10)11-7-22-12(19-11)1-2-13(20)21/h3-5,7H,1-2H2,(H,20,21). The molecule has 1 N–H and O–H groups in total. The quantitative estimate of drug-likeness (QED) is 0.936. The highest BCUT2D eigenvalue weighted by atomic mass is 19.4. The Morgan fingerprint density at radius 1 is 1.36 bits per heavy atom. The number of alkyl halides is 3. The van der Waals surface area contributed by atoms with Gasteiger partial charge in [0, 0.05) is 12.0 Å². The van der Waals surface area contributed by atoms with Crippen molar-refractivity contribution in [2.75, 3.05) is 0 Å². The van der Waals surface area contributed by atoms with E-state index in [0.29, 0.717) is 0 Å². The average Bonchev–Trinajstić information content (AvgIpc) is 2.92. The number of benzene rings is 1. The van der Waals surface area contributed by atoms with E-state index in [1.54, 1.807) is 6.07 Å². The number of nitrogens with zero attached hydrogens (tertiary/aromatic N) is 2. The maximum Gasteiger partial charge on any atom is 0.416 e. The highest BCUT2D eigenvalue weighted by Gasteiger charge is 2.31. The second-order valence-corrected chi connectivity index (χ2v) is 4.43. The van der Waals surface area contributed by atoms with Crippen LogP contribution in [0.1, 0.15) is 23.4 Å². The van der Waals surface area contributed by atoms with Gasteiger partial charge in [0.05, 0.1) is 23.6 Å². The minimum absolute atomic E-state index is 0.0272. The molecule has 5 nitrogen and oxygen atoms in total. The summed E-state index contributed by atoms with van der Waals surface area (Å²) >= 11 is 0. The molecule has 0 saturated carbocycles. The van der Waals surface area contributed by atoms with Crippen LogP contribution >= 0.6 is 0 Å². The van der Waals surface area contributed by atoms with E-state index in [0.717, 1.165) is 18.4 Å². The number of carboxylic acid groups (broad SMARTS) is 1. The lowest BCUT2D eigenvalue weighted by Gasteiger charge is -2.08. The summed E-state index contributed by atoms with van der Waals surface area (Å²) < 4.78 is 43.4. The maximum absolute atomic E-state index is 12.8. The number of hydrogen-bond acceptors (Lipinski definition) is 4. The van der Waals surface area contributed by atoms with Gasteiger partial charge >= 0.3 is 12.1 Å². The van der Waals surface area contributed by atoms with Gasteiger partial charge in [-0.3, -0.25) is 4.79 Å².